The van der Waals surface area contributed by atoms with Crippen LogP contribution in [0.3, 0.4) is 0 Å². The summed E-state index contributed by atoms with van der Waals surface area (Å²) < 4.78 is 11.0. The van der Waals surface area contributed by atoms with E-state index in [-0.39, 0.29) is 36.6 Å². The SMILES string of the molecule is C[C@@H]1CN(C[C@H]2CN(C(=O)c3ccco3)C[C@H]2CO)C[C@H](C)O1. The maximum Gasteiger partial charge on any atom is 0.289 e. The molecule has 2 aliphatic heterocycles. The van der Waals surface area contributed by atoms with Gasteiger partial charge in [0.2, 0.25) is 0 Å². The summed E-state index contributed by atoms with van der Waals surface area (Å²) in [5.74, 6) is 0.703. The molecule has 0 bridgehead atoms. The molecule has 0 aliphatic carbocycles. The average molecular weight is 322 g/mol. The zero-order valence-corrected chi connectivity index (χ0v) is 13.9. The zero-order chi connectivity index (χ0) is 16.4. The van der Waals surface area contributed by atoms with Gasteiger partial charge >= 0.3 is 0 Å². The lowest BCUT2D eigenvalue weighted by molar-refractivity contribution is -0.0726. The molecule has 0 spiro atoms. The van der Waals surface area contributed by atoms with Gasteiger partial charge in [-0.2, -0.15) is 0 Å². The van der Waals surface area contributed by atoms with Gasteiger partial charge in [-0.25, -0.2) is 0 Å². The molecule has 3 heterocycles. The number of carbonyl (C=O) groups is 1. The van der Waals surface area contributed by atoms with E-state index in [2.05, 4.69) is 18.7 Å². The molecule has 1 N–H and O–H groups in total. The van der Waals surface area contributed by atoms with E-state index in [1.165, 1.54) is 6.26 Å². The Bertz CT molecular complexity index is 509. The van der Waals surface area contributed by atoms with Gasteiger partial charge in [-0.3, -0.25) is 9.69 Å². The van der Waals surface area contributed by atoms with Gasteiger partial charge in [0.05, 0.1) is 18.5 Å². The third kappa shape index (κ3) is 3.76. The molecule has 0 saturated carbocycles. The number of nitrogens with zero attached hydrogens (tertiary/aromatic N) is 2. The molecule has 1 aromatic rings. The average Bonchev–Trinajstić information content (AvgIpc) is 3.14. The van der Waals surface area contributed by atoms with Crippen LogP contribution in [0.5, 0.6) is 0 Å². The first-order chi connectivity index (χ1) is 11.1. The molecular formula is C17H26N2O4. The Balaban J connectivity index is 1.62. The number of rotatable bonds is 4. The normalized spacial score (nSPS) is 32.4. The first-order valence-electron chi connectivity index (χ1n) is 8.38. The number of hydrogen-bond acceptors (Lipinski definition) is 5. The number of hydrogen-bond donors (Lipinski definition) is 1. The Morgan fingerprint density at radius 2 is 1.91 bits per heavy atom. The molecule has 0 radical (unpaired) electrons. The van der Waals surface area contributed by atoms with Crippen molar-refractivity contribution in [3.8, 4) is 0 Å². The molecule has 1 amide bonds. The second-order valence-corrected chi connectivity index (χ2v) is 6.87. The van der Waals surface area contributed by atoms with E-state index >= 15 is 0 Å². The molecule has 128 valence electrons. The van der Waals surface area contributed by atoms with Crippen LogP contribution in [0.15, 0.2) is 22.8 Å². The maximum atomic E-state index is 12.4. The first kappa shape index (κ1) is 16.5. The van der Waals surface area contributed by atoms with E-state index < -0.39 is 0 Å². The monoisotopic (exact) mass is 322 g/mol. The molecule has 23 heavy (non-hydrogen) atoms. The molecule has 3 rings (SSSR count). The molecule has 4 atom stereocenters. The topological polar surface area (TPSA) is 66.2 Å². The smallest absolute Gasteiger partial charge is 0.289 e. The van der Waals surface area contributed by atoms with Crippen LogP contribution >= 0.6 is 0 Å². The van der Waals surface area contributed by atoms with Crippen LogP contribution in [-0.4, -0.2) is 72.4 Å². The molecule has 6 nitrogen and oxygen atoms in total. The number of amides is 1. The van der Waals surface area contributed by atoms with Crippen molar-refractivity contribution in [2.75, 3.05) is 39.3 Å². The molecule has 6 heteroatoms. The number of ether oxygens (including phenoxy) is 1. The summed E-state index contributed by atoms with van der Waals surface area (Å²) in [4.78, 5) is 16.6. The van der Waals surface area contributed by atoms with Crippen molar-refractivity contribution in [1.82, 2.24) is 9.80 Å². The van der Waals surface area contributed by atoms with Gasteiger partial charge in [-0.15, -0.1) is 0 Å². The summed E-state index contributed by atoms with van der Waals surface area (Å²) >= 11 is 0. The lowest BCUT2D eigenvalue weighted by Gasteiger charge is -2.37. The van der Waals surface area contributed by atoms with E-state index in [1.807, 2.05) is 0 Å². The number of carbonyl (C=O) groups excluding carboxylic acids is 1. The van der Waals surface area contributed by atoms with Gasteiger partial charge < -0.3 is 19.2 Å². The fourth-order valence-electron chi connectivity index (χ4n) is 3.84. The lowest BCUT2D eigenvalue weighted by Crippen LogP contribution is -2.48. The number of furan rings is 1. The fraction of sp³-hybridized carbons (Fsp3) is 0.706. The van der Waals surface area contributed by atoms with Crippen molar-refractivity contribution >= 4 is 5.91 Å². The summed E-state index contributed by atoms with van der Waals surface area (Å²) in [6.45, 7) is 8.27. The van der Waals surface area contributed by atoms with E-state index in [0.29, 0.717) is 18.8 Å². The van der Waals surface area contributed by atoms with Gasteiger partial charge in [0, 0.05) is 45.2 Å². The molecule has 1 aromatic heterocycles. The molecular weight excluding hydrogens is 296 g/mol. The summed E-state index contributed by atoms with van der Waals surface area (Å²) in [6, 6.07) is 3.41. The third-order valence-corrected chi connectivity index (χ3v) is 4.82. The van der Waals surface area contributed by atoms with Crippen molar-refractivity contribution in [3.05, 3.63) is 24.2 Å². The summed E-state index contributed by atoms with van der Waals surface area (Å²) in [7, 11) is 0. The van der Waals surface area contributed by atoms with Gasteiger partial charge in [-0.05, 0) is 31.9 Å². The highest BCUT2D eigenvalue weighted by atomic mass is 16.5. The Kier molecular flexibility index (Phi) is 5.04. The highest BCUT2D eigenvalue weighted by molar-refractivity contribution is 5.91. The van der Waals surface area contributed by atoms with Crippen molar-refractivity contribution < 1.29 is 19.1 Å². The standard InChI is InChI=1S/C17H26N2O4/c1-12-6-18(7-13(2)23-12)8-14-9-19(10-15(14)11-20)17(21)16-4-3-5-22-16/h3-5,12-15,20H,6-11H2,1-2H3/t12-,13+,14-,15-/m0/s1. The van der Waals surface area contributed by atoms with Crippen molar-refractivity contribution in [2.45, 2.75) is 26.1 Å². The van der Waals surface area contributed by atoms with Crippen LogP contribution in [0.25, 0.3) is 0 Å². The number of aliphatic hydroxyl groups is 1. The summed E-state index contributed by atoms with van der Waals surface area (Å²) in [5, 5.41) is 9.70. The number of morpholine rings is 1. The Hall–Kier alpha value is -1.37. The molecule has 2 fully saturated rings. The van der Waals surface area contributed by atoms with Crippen LogP contribution in [0.2, 0.25) is 0 Å². The van der Waals surface area contributed by atoms with E-state index in [0.717, 1.165) is 19.6 Å². The van der Waals surface area contributed by atoms with E-state index in [1.54, 1.807) is 17.0 Å². The summed E-state index contributed by atoms with van der Waals surface area (Å²) in [5.41, 5.74) is 0. The Morgan fingerprint density at radius 1 is 1.22 bits per heavy atom. The minimum Gasteiger partial charge on any atom is -0.459 e. The van der Waals surface area contributed by atoms with Crippen molar-refractivity contribution in [2.24, 2.45) is 11.8 Å². The number of likely N-dealkylation sites (tertiary alicyclic amines) is 1. The van der Waals surface area contributed by atoms with Crippen LogP contribution in [0.4, 0.5) is 0 Å². The molecule has 0 aromatic carbocycles. The van der Waals surface area contributed by atoms with Crippen molar-refractivity contribution in [3.63, 3.8) is 0 Å². The second kappa shape index (κ2) is 7.03. The Labute approximate surface area is 137 Å². The minimum atomic E-state index is -0.0836. The quantitative estimate of drug-likeness (QED) is 0.898. The van der Waals surface area contributed by atoms with Gasteiger partial charge in [0.1, 0.15) is 0 Å². The van der Waals surface area contributed by atoms with Crippen LogP contribution < -0.4 is 0 Å². The largest absolute Gasteiger partial charge is 0.459 e. The molecule has 2 saturated heterocycles. The van der Waals surface area contributed by atoms with Gasteiger partial charge in [-0.1, -0.05) is 0 Å². The third-order valence-electron chi connectivity index (χ3n) is 4.82. The first-order valence-corrected chi connectivity index (χ1v) is 8.38. The lowest BCUT2D eigenvalue weighted by atomic mass is 9.96. The Morgan fingerprint density at radius 3 is 2.52 bits per heavy atom. The highest BCUT2D eigenvalue weighted by Gasteiger charge is 2.37. The minimum absolute atomic E-state index is 0.0836. The summed E-state index contributed by atoms with van der Waals surface area (Å²) in [6.07, 6.45) is 1.98. The van der Waals surface area contributed by atoms with Crippen LogP contribution in [0, 0.1) is 11.8 Å². The zero-order valence-electron chi connectivity index (χ0n) is 13.9. The van der Waals surface area contributed by atoms with E-state index in [4.69, 9.17) is 9.15 Å². The predicted molar refractivity (Wildman–Crippen MR) is 85.1 cm³/mol. The van der Waals surface area contributed by atoms with E-state index in [9.17, 15) is 9.90 Å². The van der Waals surface area contributed by atoms with Crippen LogP contribution in [0.1, 0.15) is 24.4 Å². The van der Waals surface area contributed by atoms with Gasteiger partial charge in [0.15, 0.2) is 5.76 Å². The highest BCUT2D eigenvalue weighted by Crippen LogP contribution is 2.26. The predicted octanol–water partition coefficient (Wildman–Crippen LogP) is 1.07. The van der Waals surface area contributed by atoms with Gasteiger partial charge in [0.25, 0.3) is 5.91 Å². The fourth-order valence-corrected chi connectivity index (χ4v) is 3.84. The molecule has 2 aliphatic rings. The van der Waals surface area contributed by atoms with Crippen molar-refractivity contribution in [1.29, 1.82) is 0 Å². The van der Waals surface area contributed by atoms with Crippen LogP contribution in [-0.2, 0) is 4.74 Å². The number of aliphatic hydroxyl groups excluding tert-OH is 1. The molecule has 0 unspecified atom stereocenters. The second-order valence-electron chi connectivity index (χ2n) is 6.87. The maximum absolute atomic E-state index is 12.4.